The predicted octanol–water partition coefficient (Wildman–Crippen LogP) is 1.80. The van der Waals surface area contributed by atoms with Crippen LogP contribution in [0.2, 0.25) is 0 Å². The van der Waals surface area contributed by atoms with Crippen LogP contribution in [0, 0.1) is 5.41 Å². The molecule has 1 aromatic rings. The zero-order valence-corrected chi connectivity index (χ0v) is 12.7. The zero-order chi connectivity index (χ0) is 14.7. The SMILES string of the molecule is CCOC(=O)C12CCNC1CCN(Cc1ccccc1)C2. The molecular formula is C17H24N2O2. The van der Waals surface area contributed by atoms with E-state index in [2.05, 4.69) is 34.5 Å². The van der Waals surface area contributed by atoms with Crippen molar-refractivity contribution in [1.82, 2.24) is 10.2 Å². The Morgan fingerprint density at radius 2 is 2.24 bits per heavy atom. The van der Waals surface area contributed by atoms with Crippen LogP contribution in [0.4, 0.5) is 0 Å². The van der Waals surface area contributed by atoms with Crippen LogP contribution in [0.1, 0.15) is 25.3 Å². The van der Waals surface area contributed by atoms with Gasteiger partial charge in [-0.15, -0.1) is 0 Å². The van der Waals surface area contributed by atoms with Gasteiger partial charge in [0.1, 0.15) is 0 Å². The van der Waals surface area contributed by atoms with Crippen LogP contribution in [0.25, 0.3) is 0 Å². The number of ether oxygens (including phenoxy) is 1. The molecule has 0 bridgehead atoms. The molecule has 2 aliphatic heterocycles. The number of hydrogen-bond donors (Lipinski definition) is 1. The van der Waals surface area contributed by atoms with Crippen molar-refractivity contribution in [2.45, 2.75) is 32.4 Å². The zero-order valence-electron chi connectivity index (χ0n) is 12.7. The van der Waals surface area contributed by atoms with Crippen LogP contribution in [0.3, 0.4) is 0 Å². The summed E-state index contributed by atoms with van der Waals surface area (Å²) in [6.07, 6.45) is 1.91. The van der Waals surface area contributed by atoms with Crippen molar-refractivity contribution >= 4 is 5.97 Å². The standard InChI is InChI=1S/C17H24N2O2/c1-2-21-16(20)17-9-10-18-15(17)8-11-19(13-17)12-14-6-4-3-5-7-14/h3-7,15,18H,2,8-13H2,1H3. The highest BCUT2D eigenvalue weighted by Crippen LogP contribution is 2.39. The third kappa shape index (κ3) is 2.83. The first-order chi connectivity index (χ1) is 10.2. The van der Waals surface area contributed by atoms with E-state index in [0.717, 1.165) is 39.0 Å². The summed E-state index contributed by atoms with van der Waals surface area (Å²) in [6, 6.07) is 10.8. The van der Waals surface area contributed by atoms with E-state index in [1.54, 1.807) is 0 Å². The number of fused-ring (bicyclic) bond motifs is 1. The summed E-state index contributed by atoms with van der Waals surface area (Å²) in [5.74, 6) is -0.0160. The number of nitrogens with one attached hydrogen (secondary N) is 1. The largest absolute Gasteiger partial charge is 0.465 e. The molecule has 0 spiro atoms. The van der Waals surface area contributed by atoms with Crippen molar-refractivity contribution in [2.75, 3.05) is 26.2 Å². The second kappa shape index (κ2) is 6.16. The van der Waals surface area contributed by atoms with Gasteiger partial charge in [0.15, 0.2) is 0 Å². The van der Waals surface area contributed by atoms with E-state index in [9.17, 15) is 4.79 Å². The van der Waals surface area contributed by atoms with Crippen molar-refractivity contribution in [1.29, 1.82) is 0 Å². The van der Waals surface area contributed by atoms with Crippen LogP contribution in [-0.4, -0.2) is 43.2 Å². The van der Waals surface area contributed by atoms with Crippen LogP contribution >= 0.6 is 0 Å². The van der Waals surface area contributed by atoms with Crippen molar-refractivity contribution in [2.24, 2.45) is 5.41 Å². The van der Waals surface area contributed by atoms with Gasteiger partial charge < -0.3 is 10.1 Å². The summed E-state index contributed by atoms with van der Waals surface area (Å²) in [5, 5.41) is 3.50. The number of nitrogens with zero attached hydrogens (tertiary/aromatic N) is 1. The van der Waals surface area contributed by atoms with Gasteiger partial charge in [0.05, 0.1) is 12.0 Å². The number of rotatable bonds is 4. The lowest BCUT2D eigenvalue weighted by Crippen LogP contribution is -2.56. The number of carbonyl (C=O) groups excluding carboxylic acids is 1. The van der Waals surface area contributed by atoms with Gasteiger partial charge in [-0.1, -0.05) is 30.3 Å². The molecule has 0 aliphatic carbocycles. The molecular weight excluding hydrogens is 264 g/mol. The van der Waals surface area contributed by atoms with Crippen molar-refractivity contribution in [3.8, 4) is 0 Å². The summed E-state index contributed by atoms with van der Waals surface area (Å²) in [4.78, 5) is 14.9. The van der Waals surface area contributed by atoms with Gasteiger partial charge in [-0.3, -0.25) is 9.69 Å². The molecule has 1 aromatic carbocycles. The second-order valence-corrected chi connectivity index (χ2v) is 6.12. The Hall–Kier alpha value is -1.39. The first-order valence-electron chi connectivity index (χ1n) is 7.91. The highest BCUT2D eigenvalue weighted by molar-refractivity contribution is 5.79. The Bertz CT molecular complexity index is 491. The Balaban J connectivity index is 1.74. The Morgan fingerprint density at radius 1 is 1.43 bits per heavy atom. The monoisotopic (exact) mass is 288 g/mol. The Morgan fingerprint density at radius 3 is 3.00 bits per heavy atom. The summed E-state index contributed by atoms with van der Waals surface area (Å²) in [7, 11) is 0. The van der Waals surface area contributed by atoms with Crippen LogP contribution in [0.5, 0.6) is 0 Å². The average molecular weight is 288 g/mol. The van der Waals surface area contributed by atoms with E-state index in [0.29, 0.717) is 6.61 Å². The molecule has 21 heavy (non-hydrogen) atoms. The molecule has 4 nitrogen and oxygen atoms in total. The number of carbonyl (C=O) groups is 1. The molecule has 0 saturated carbocycles. The highest BCUT2D eigenvalue weighted by atomic mass is 16.5. The maximum atomic E-state index is 12.5. The maximum absolute atomic E-state index is 12.5. The summed E-state index contributed by atoms with van der Waals surface area (Å²) in [6.45, 7) is 6.02. The quantitative estimate of drug-likeness (QED) is 0.858. The topological polar surface area (TPSA) is 41.6 Å². The number of benzene rings is 1. The minimum Gasteiger partial charge on any atom is -0.465 e. The molecule has 0 radical (unpaired) electrons. The first kappa shape index (κ1) is 14.5. The van der Waals surface area contributed by atoms with E-state index in [-0.39, 0.29) is 17.4 Å². The van der Waals surface area contributed by atoms with Gasteiger partial charge in [0, 0.05) is 25.7 Å². The minimum atomic E-state index is -0.344. The molecule has 2 unspecified atom stereocenters. The van der Waals surface area contributed by atoms with E-state index >= 15 is 0 Å². The molecule has 0 amide bonds. The van der Waals surface area contributed by atoms with Gasteiger partial charge in [-0.05, 0) is 31.9 Å². The van der Waals surface area contributed by atoms with Crippen molar-refractivity contribution < 1.29 is 9.53 Å². The molecule has 4 heteroatoms. The lowest BCUT2D eigenvalue weighted by molar-refractivity contribution is -0.159. The number of hydrogen-bond acceptors (Lipinski definition) is 4. The fraction of sp³-hybridized carbons (Fsp3) is 0.588. The Kier molecular flexibility index (Phi) is 4.27. The number of esters is 1. The Labute approximate surface area is 126 Å². The molecule has 2 atom stereocenters. The molecule has 1 N–H and O–H groups in total. The van der Waals surface area contributed by atoms with Gasteiger partial charge in [0.2, 0.25) is 0 Å². The van der Waals surface area contributed by atoms with Crippen molar-refractivity contribution in [3.05, 3.63) is 35.9 Å². The molecule has 0 aromatic heterocycles. The van der Waals surface area contributed by atoms with Gasteiger partial charge in [-0.25, -0.2) is 0 Å². The smallest absolute Gasteiger partial charge is 0.315 e. The fourth-order valence-corrected chi connectivity index (χ4v) is 3.76. The lowest BCUT2D eigenvalue weighted by atomic mass is 9.76. The third-order valence-electron chi connectivity index (χ3n) is 4.80. The van der Waals surface area contributed by atoms with Crippen LogP contribution in [0.15, 0.2) is 30.3 Å². The first-order valence-corrected chi connectivity index (χ1v) is 7.91. The summed E-state index contributed by atoms with van der Waals surface area (Å²) < 4.78 is 5.38. The summed E-state index contributed by atoms with van der Waals surface area (Å²) in [5.41, 5.74) is 0.962. The molecule has 2 saturated heterocycles. The van der Waals surface area contributed by atoms with Crippen LogP contribution in [-0.2, 0) is 16.1 Å². The minimum absolute atomic E-state index is 0.0160. The van der Waals surface area contributed by atoms with Crippen molar-refractivity contribution in [3.63, 3.8) is 0 Å². The van der Waals surface area contributed by atoms with Gasteiger partial charge in [0.25, 0.3) is 0 Å². The average Bonchev–Trinajstić information content (AvgIpc) is 2.93. The van der Waals surface area contributed by atoms with E-state index in [1.165, 1.54) is 5.56 Å². The van der Waals surface area contributed by atoms with Gasteiger partial charge >= 0.3 is 5.97 Å². The third-order valence-corrected chi connectivity index (χ3v) is 4.80. The second-order valence-electron chi connectivity index (χ2n) is 6.12. The summed E-state index contributed by atoms with van der Waals surface area (Å²) >= 11 is 0. The molecule has 114 valence electrons. The number of piperidine rings is 1. The van der Waals surface area contributed by atoms with E-state index in [4.69, 9.17) is 4.74 Å². The fourth-order valence-electron chi connectivity index (χ4n) is 3.76. The predicted molar refractivity (Wildman–Crippen MR) is 81.8 cm³/mol. The van der Waals surface area contributed by atoms with E-state index in [1.807, 2.05) is 13.0 Å². The molecule has 2 heterocycles. The normalized spacial score (nSPS) is 29.1. The van der Waals surface area contributed by atoms with Crippen LogP contribution < -0.4 is 5.32 Å². The van der Waals surface area contributed by atoms with E-state index < -0.39 is 0 Å². The number of likely N-dealkylation sites (tertiary alicyclic amines) is 1. The molecule has 2 aliphatic rings. The lowest BCUT2D eigenvalue weighted by Gasteiger charge is -2.42. The van der Waals surface area contributed by atoms with Gasteiger partial charge in [-0.2, -0.15) is 0 Å². The molecule has 2 fully saturated rings. The highest BCUT2D eigenvalue weighted by Gasteiger charge is 2.53. The maximum Gasteiger partial charge on any atom is 0.315 e. The molecule has 3 rings (SSSR count).